The van der Waals surface area contributed by atoms with Gasteiger partial charge >= 0.3 is 6.01 Å². The van der Waals surface area contributed by atoms with E-state index < -0.39 is 6.17 Å². The van der Waals surface area contributed by atoms with Gasteiger partial charge in [0.1, 0.15) is 17.7 Å². The number of nitrogens with zero attached hydrogens (tertiary/aromatic N) is 6. The molecule has 2 aliphatic carbocycles. The molecule has 0 radical (unpaired) electrons. The summed E-state index contributed by atoms with van der Waals surface area (Å²) >= 11 is 0. The van der Waals surface area contributed by atoms with Crippen LogP contribution in [-0.4, -0.2) is 56.9 Å². The standard InChI is InChI=1S/C26H27FN8O2/c1-14-7-17(8-14)30-25(36)21-10-22(32-26(31-21)37-13-16-9-15(16)11-28)35-6-4-18(20(27)12-35)23-19-3-2-5-29-24(19)34-33-23/h2-3,5,7,10,14-16,18,20H,4,6,8-9,12-13H2,1H3,(H,30,36)(H,29,33,34)/t14?,15?,16-,18+,20-/m1/s1. The number of H-pyrrole nitrogens is 1. The third-order valence-corrected chi connectivity index (χ3v) is 7.34. The zero-order valence-corrected chi connectivity index (χ0v) is 20.4. The number of piperidine rings is 1. The van der Waals surface area contributed by atoms with Crippen molar-refractivity contribution in [2.24, 2.45) is 17.8 Å². The molecule has 3 aliphatic rings. The second-order valence-corrected chi connectivity index (χ2v) is 10.1. The summed E-state index contributed by atoms with van der Waals surface area (Å²) in [6, 6.07) is 7.60. The van der Waals surface area contributed by atoms with E-state index in [1.54, 1.807) is 12.3 Å². The first-order valence-corrected chi connectivity index (χ1v) is 12.6. The molecule has 2 fully saturated rings. The topological polar surface area (TPSA) is 133 Å². The average molecular weight is 503 g/mol. The number of rotatable bonds is 7. The summed E-state index contributed by atoms with van der Waals surface area (Å²) in [5.41, 5.74) is 2.35. The van der Waals surface area contributed by atoms with Crippen molar-refractivity contribution >= 4 is 22.8 Å². The highest BCUT2D eigenvalue weighted by Gasteiger charge is 2.38. The molecule has 0 bridgehead atoms. The molecule has 0 aromatic carbocycles. The van der Waals surface area contributed by atoms with Crippen molar-refractivity contribution in [2.75, 3.05) is 24.6 Å². The number of ether oxygens (including phenoxy) is 1. The van der Waals surface area contributed by atoms with Crippen LogP contribution >= 0.6 is 0 Å². The van der Waals surface area contributed by atoms with Gasteiger partial charge in [0.2, 0.25) is 0 Å². The summed E-state index contributed by atoms with van der Waals surface area (Å²) < 4.78 is 21.3. The fourth-order valence-electron chi connectivity index (χ4n) is 5.08. The lowest BCUT2D eigenvalue weighted by atomic mass is 9.90. The van der Waals surface area contributed by atoms with Crippen molar-refractivity contribution in [3.8, 4) is 12.1 Å². The van der Waals surface area contributed by atoms with E-state index in [9.17, 15) is 4.79 Å². The molecule has 3 aromatic rings. The molecule has 5 atom stereocenters. The van der Waals surface area contributed by atoms with Crippen LogP contribution in [0.4, 0.5) is 10.2 Å². The molecular weight excluding hydrogens is 475 g/mol. The largest absolute Gasteiger partial charge is 0.463 e. The predicted molar refractivity (Wildman–Crippen MR) is 132 cm³/mol. The van der Waals surface area contributed by atoms with Crippen molar-refractivity contribution in [3.05, 3.63) is 47.6 Å². The predicted octanol–water partition coefficient (Wildman–Crippen LogP) is 3.27. The molecule has 1 saturated carbocycles. The Kier molecular flexibility index (Phi) is 5.94. The number of nitrogens with one attached hydrogen (secondary N) is 2. The minimum Gasteiger partial charge on any atom is -0.463 e. The van der Waals surface area contributed by atoms with Crippen LogP contribution in [0.3, 0.4) is 0 Å². The fraction of sp³-hybridized carbons (Fsp3) is 0.462. The van der Waals surface area contributed by atoms with Crippen LogP contribution in [0, 0.1) is 29.1 Å². The van der Waals surface area contributed by atoms with Gasteiger partial charge in [-0.15, -0.1) is 0 Å². The zero-order valence-electron chi connectivity index (χ0n) is 20.4. The summed E-state index contributed by atoms with van der Waals surface area (Å²) in [6.07, 6.45) is 4.60. The fourth-order valence-corrected chi connectivity index (χ4v) is 5.08. The van der Waals surface area contributed by atoms with E-state index in [-0.39, 0.29) is 41.9 Å². The summed E-state index contributed by atoms with van der Waals surface area (Å²) in [5.74, 6) is 0.301. The number of halogens is 1. The summed E-state index contributed by atoms with van der Waals surface area (Å²) in [6.45, 7) is 3.02. The van der Waals surface area contributed by atoms with Crippen LogP contribution in [0.1, 0.15) is 48.3 Å². The Labute approximate surface area is 213 Å². The van der Waals surface area contributed by atoms with Crippen molar-refractivity contribution in [2.45, 2.75) is 38.3 Å². The van der Waals surface area contributed by atoms with Gasteiger partial charge in [-0.3, -0.25) is 9.89 Å². The highest BCUT2D eigenvalue weighted by molar-refractivity contribution is 5.94. The van der Waals surface area contributed by atoms with Crippen LogP contribution in [0.25, 0.3) is 11.0 Å². The molecule has 2 unspecified atom stereocenters. The van der Waals surface area contributed by atoms with Gasteiger partial charge in [0, 0.05) is 41.7 Å². The molecule has 190 valence electrons. The monoisotopic (exact) mass is 502 g/mol. The number of fused-ring (bicyclic) bond motifs is 1. The second kappa shape index (κ2) is 9.42. The maximum absolute atomic E-state index is 15.5. The molecule has 6 rings (SSSR count). The van der Waals surface area contributed by atoms with E-state index in [4.69, 9.17) is 10.00 Å². The SMILES string of the molecule is CC1C=C(NC(=O)c2cc(N3CC[C@H](c4[nH]nc5ncccc45)[C@H](F)C3)nc(OC[C@H]3CC3C#N)n2)C1. The number of alkyl halides is 1. The highest BCUT2D eigenvalue weighted by atomic mass is 19.1. The minimum atomic E-state index is -1.18. The first kappa shape index (κ1) is 23.3. The second-order valence-electron chi connectivity index (χ2n) is 10.1. The van der Waals surface area contributed by atoms with Crippen molar-refractivity contribution in [3.63, 3.8) is 0 Å². The average Bonchev–Trinajstić information content (AvgIpc) is 3.54. The van der Waals surface area contributed by atoms with Crippen LogP contribution < -0.4 is 15.0 Å². The molecule has 10 nitrogen and oxygen atoms in total. The quantitative estimate of drug-likeness (QED) is 0.503. The van der Waals surface area contributed by atoms with E-state index >= 15 is 4.39 Å². The molecule has 1 saturated heterocycles. The maximum Gasteiger partial charge on any atom is 0.319 e. The Hall–Kier alpha value is -4.07. The normalized spacial score (nSPS) is 26.7. The Morgan fingerprint density at radius 1 is 1.41 bits per heavy atom. The Balaban J connectivity index is 1.21. The molecule has 11 heteroatoms. The molecule has 1 aliphatic heterocycles. The zero-order chi connectivity index (χ0) is 25.5. The Morgan fingerprint density at radius 3 is 3.03 bits per heavy atom. The number of hydrogen-bond donors (Lipinski definition) is 2. The number of aromatic nitrogens is 5. The highest BCUT2D eigenvalue weighted by Crippen LogP contribution is 2.38. The lowest BCUT2D eigenvalue weighted by Crippen LogP contribution is -2.41. The summed E-state index contributed by atoms with van der Waals surface area (Å²) in [7, 11) is 0. The summed E-state index contributed by atoms with van der Waals surface area (Å²) in [5, 5.41) is 20.0. The van der Waals surface area contributed by atoms with Gasteiger partial charge in [0.25, 0.3) is 5.91 Å². The Bertz CT molecular complexity index is 1420. The van der Waals surface area contributed by atoms with Crippen LogP contribution in [0.2, 0.25) is 0 Å². The number of nitriles is 1. The van der Waals surface area contributed by atoms with E-state index in [0.717, 1.165) is 29.6 Å². The van der Waals surface area contributed by atoms with Crippen LogP contribution in [0.5, 0.6) is 6.01 Å². The number of pyridine rings is 1. The van der Waals surface area contributed by atoms with E-state index in [1.165, 1.54) is 0 Å². The number of carbonyl (C=O) groups is 1. The number of amides is 1. The van der Waals surface area contributed by atoms with Crippen molar-refractivity contribution < 1.29 is 13.9 Å². The smallest absolute Gasteiger partial charge is 0.319 e. The third-order valence-electron chi connectivity index (χ3n) is 7.34. The molecule has 2 N–H and O–H groups in total. The summed E-state index contributed by atoms with van der Waals surface area (Å²) in [4.78, 5) is 27.8. The van der Waals surface area contributed by atoms with Crippen LogP contribution in [-0.2, 0) is 0 Å². The van der Waals surface area contributed by atoms with Gasteiger partial charge in [-0.25, -0.2) is 9.37 Å². The van der Waals surface area contributed by atoms with E-state index in [1.807, 2.05) is 23.1 Å². The van der Waals surface area contributed by atoms with Gasteiger partial charge in [-0.1, -0.05) is 13.0 Å². The van der Waals surface area contributed by atoms with Crippen molar-refractivity contribution in [1.82, 2.24) is 30.5 Å². The van der Waals surface area contributed by atoms with Crippen molar-refractivity contribution in [1.29, 1.82) is 5.26 Å². The molecular formula is C26H27FN8O2. The Morgan fingerprint density at radius 2 is 2.27 bits per heavy atom. The van der Waals surface area contributed by atoms with E-state index in [0.29, 0.717) is 37.0 Å². The molecule has 4 heterocycles. The first-order valence-electron chi connectivity index (χ1n) is 12.6. The molecule has 1 amide bonds. The first-order chi connectivity index (χ1) is 18.0. The number of hydrogen-bond acceptors (Lipinski definition) is 8. The number of anilines is 1. The van der Waals surface area contributed by atoms with Gasteiger partial charge in [-0.2, -0.15) is 20.3 Å². The van der Waals surface area contributed by atoms with Gasteiger partial charge < -0.3 is 15.0 Å². The lowest BCUT2D eigenvalue weighted by molar-refractivity contribution is 0.0955. The number of allylic oxidation sites excluding steroid dienone is 2. The molecule has 3 aromatic heterocycles. The lowest BCUT2D eigenvalue weighted by Gasteiger charge is -2.35. The van der Waals surface area contributed by atoms with Gasteiger partial charge in [0.05, 0.1) is 30.8 Å². The molecule has 37 heavy (non-hydrogen) atoms. The third kappa shape index (κ3) is 4.71. The molecule has 0 spiro atoms. The number of aromatic amines is 1. The number of carbonyl (C=O) groups excluding carboxylic acids is 1. The van der Waals surface area contributed by atoms with Crippen LogP contribution in [0.15, 0.2) is 36.2 Å². The van der Waals surface area contributed by atoms with E-state index in [2.05, 4.69) is 43.5 Å². The minimum absolute atomic E-state index is 0.0152. The maximum atomic E-state index is 15.5. The van der Waals surface area contributed by atoms with Gasteiger partial charge in [-0.05, 0) is 37.3 Å². The van der Waals surface area contributed by atoms with Gasteiger partial charge in [0.15, 0.2) is 5.65 Å².